The molecule has 16 heavy (non-hydrogen) atoms. The topological polar surface area (TPSA) is 63.6 Å². The Hall–Kier alpha value is -1.59. The van der Waals surface area contributed by atoms with Gasteiger partial charge < -0.3 is 4.74 Å². The maximum absolute atomic E-state index is 11.2. The van der Waals surface area contributed by atoms with E-state index in [1.54, 1.807) is 30.3 Å². The fourth-order valence-corrected chi connectivity index (χ4v) is 2.36. The van der Waals surface area contributed by atoms with Crippen LogP contribution >= 0.6 is 0 Å². The Morgan fingerprint density at radius 1 is 1.06 bits per heavy atom. The monoisotopic (exact) mass is 238 g/mol. The van der Waals surface area contributed by atoms with E-state index in [1.165, 1.54) is 13.2 Å². The Bertz CT molecular complexity index is 631. The summed E-state index contributed by atoms with van der Waals surface area (Å²) in [5.41, 5.74) is 0. The summed E-state index contributed by atoms with van der Waals surface area (Å²) in [5.74, 6) is 0.572. The molecule has 0 amide bonds. The highest BCUT2D eigenvalue weighted by Crippen LogP contribution is 2.29. The van der Waals surface area contributed by atoms with E-state index < -0.39 is 10.1 Å². The van der Waals surface area contributed by atoms with Crippen LogP contribution in [0.4, 0.5) is 0 Å². The number of ether oxygens (including phenoxy) is 1. The number of fused-ring (bicyclic) bond motifs is 1. The van der Waals surface area contributed by atoms with Gasteiger partial charge in [0.05, 0.1) is 7.11 Å². The zero-order valence-electron chi connectivity index (χ0n) is 8.54. The van der Waals surface area contributed by atoms with Crippen molar-refractivity contribution < 1.29 is 17.7 Å². The molecule has 5 heteroatoms. The molecule has 0 aliphatic heterocycles. The third-order valence-electron chi connectivity index (χ3n) is 2.34. The van der Waals surface area contributed by atoms with Crippen LogP contribution in [0.5, 0.6) is 5.75 Å². The predicted octanol–water partition coefficient (Wildman–Crippen LogP) is 2.10. The maximum Gasteiger partial charge on any atom is 0.295 e. The lowest BCUT2D eigenvalue weighted by Crippen LogP contribution is -1.99. The average Bonchev–Trinajstić information content (AvgIpc) is 2.26. The van der Waals surface area contributed by atoms with Crippen LogP contribution in [0.2, 0.25) is 0 Å². The summed E-state index contributed by atoms with van der Waals surface area (Å²) in [6.45, 7) is 0. The van der Waals surface area contributed by atoms with E-state index in [2.05, 4.69) is 0 Å². The van der Waals surface area contributed by atoms with Gasteiger partial charge in [-0.25, -0.2) is 0 Å². The molecule has 0 spiro atoms. The second-order valence-electron chi connectivity index (χ2n) is 3.29. The quantitative estimate of drug-likeness (QED) is 0.814. The third-order valence-corrected chi connectivity index (χ3v) is 3.25. The minimum Gasteiger partial charge on any atom is -0.496 e. The van der Waals surface area contributed by atoms with Gasteiger partial charge in [-0.05, 0) is 12.1 Å². The molecule has 4 nitrogen and oxygen atoms in total. The van der Waals surface area contributed by atoms with Gasteiger partial charge in [-0.3, -0.25) is 4.55 Å². The number of hydrogen-bond donors (Lipinski definition) is 1. The van der Waals surface area contributed by atoms with E-state index >= 15 is 0 Å². The molecule has 0 aromatic heterocycles. The Labute approximate surface area is 93.2 Å². The molecular weight excluding hydrogens is 228 g/mol. The molecule has 2 aromatic carbocycles. The van der Waals surface area contributed by atoms with Gasteiger partial charge in [-0.15, -0.1) is 0 Å². The molecular formula is C11H10O4S. The van der Waals surface area contributed by atoms with Crippen molar-refractivity contribution in [1.29, 1.82) is 0 Å². The lowest BCUT2D eigenvalue weighted by atomic mass is 10.1. The van der Waals surface area contributed by atoms with Crippen LogP contribution in [0.1, 0.15) is 0 Å². The summed E-state index contributed by atoms with van der Waals surface area (Å²) < 4.78 is 36.5. The predicted molar refractivity (Wildman–Crippen MR) is 60.3 cm³/mol. The van der Waals surface area contributed by atoms with Gasteiger partial charge in [-0.1, -0.05) is 24.3 Å². The largest absolute Gasteiger partial charge is 0.496 e. The number of rotatable bonds is 2. The van der Waals surface area contributed by atoms with E-state index in [0.717, 1.165) is 0 Å². The smallest absolute Gasteiger partial charge is 0.295 e. The second-order valence-corrected chi connectivity index (χ2v) is 4.68. The van der Waals surface area contributed by atoms with Crippen LogP contribution < -0.4 is 4.74 Å². The summed E-state index contributed by atoms with van der Waals surface area (Å²) in [6, 6.07) is 9.70. The average molecular weight is 238 g/mol. The molecule has 0 atom stereocenters. The molecule has 0 aliphatic carbocycles. The Morgan fingerprint density at radius 3 is 2.31 bits per heavy atom. The summed E-state index contributed by atoms with van der Waals surface area (Å²) in [4.78, 5) is -0.107. The fourth-order valence-electron chi connectivity index (χ4n) is 1.66. The van der Waals surface area contributed by atoms with Crippen LogP contribution in [-0.4, -0.2) is 20.1 Å². The van der Waals surface area contributed by atoms with E-state index in [1.807, 2.05) is 0 Å². The standard InChI is InChI=1S/C11H10O4S/c1-15-10-6-2-5-9-8(10)4-3-7-11(9)16(12,13)14/h2-7H,1H3,(H,12,13,14). The number of methoxy groups -OCH3 is 1. The molecule has 0 unspecified atom stereocenters. The van der Waals surface area contributed by atoms with Crippen molar-refractivity contribution in [3.63, 3.8) is 0 Å². The van der Waals surface area contributed by atoms with E-state index in [0.29, 0.717) is 16.5 Å². The van der Waals surface area contributed by atoms with Gasteiger partial charge in [0.1, 0.15) is 10.6 Å². The van der Waals surface area contributed by atoms with Gasteiger partial charge in [0.15, 0.2) is 0 Å². The minimum absolute atomic E-state index is 0.107. The van der Waals surface area contributed by atoms with Gasteiger partial charge in [0.25, 0.3) is 10.1 Å². The molecule has 2 rings (SSSR count). The highest BCUT2D eigenvalue weighted by molar-refractivity contribution is 7.86. The van der Waals surface area contributed by atoms with Gasteiger partial charge in [0, 0.05) is 10.8 Å². The Morgan fingerprint density at radius 2 is 1.69 bits per heavy atom. The van der Waals surface area contributed by atoms with Crippen LogP contribution in [-0.2, 0) is 10.1 Å². The lowest BCUT2D eigenvalue weighted by Gasteiger charge is -2.07. The summed E-state index contributed by atoms with van der Waals surface area (Å²) in [7, 11) is -2.70. The normalized spacial score (nSPS) is 11.6. The van der Waals surface area contributed by atoms with Crippen LogP contribution in [0.15, 0.2) is 41.3 Å². The fraction of sp³-hybridized carbons (Fsp3) is 0.0909. The molecule has 0 aliphatic rings. The second kappa shape index (κ2) is 3.77. The highest BCUT2D eigenvalue weighted by Gasteiger charge is 2.14. The first kappa shape index (κ1) is 10.9. The van der Waals surface area contributed by atoms with Crippen molar-refractivity contribution >= 4 is 20.9 Å². The van der Waals surface area contributed by atoms with Gasteiger partial charge in [0.2, 0.25) is 0 Å². The maximum atomic E-state index is 11.2. The van der Waals surface area contributed by atoms with Crippen LogP contribution in [0.25, 0.3) is 10.8 Å². The van der Waals surface area contributed by atoms with Crippen molar-refractivity contribution in [2.24, 2.45) is 0 Å². The molecule has 0 radical (unpaired) electrons. The van der Waals surface area contributed by atoms with Crippen molar-refractivity contribution in [2.75, 3.05) is 7.11 Å². The molecule has 2 aromatic rings. The summed E-state index contributed by atoms with van der Waals surface area (Å²) in [5, 5.41) is 1.10. The van der Waals surface area contributed by atoms with Crippen molar-refractivity contribution in [1.82, 2.24) is 0 Å². The van der Waals surface area contributed by atoms with E-state index in [4.69, 9.17) is 9.29 Å². The first-order valence-electron chi connectivity index (χ1n) is 4.57. The molecule has 0 saturated heterocycles. The molecule has 0 fully saturated rings. The van der Waals surface area contributed by atoms with Gasteiger partial charge in [-0.2, -0.15) is 8.42 Å². The first-order valence-corrected chi connectivity index (χ1v) is 6.01. The molecule has 0 heterocycles. The number of benzene rings is 2. The highest BCUT2D eigenvalue weighted by atomic mass is 32.2. The lowest BCUT2D eigenvalue weighted by molar-refractivity contribution is 0.420. The summed E-state index contributed by atoms with van der Waals surface area (Å²) >= 11 is 0. The summed E-state index contributed by atoms with van der Waals surface area (Å²) in [6.07, 6.45) is 0. The zero-order valence-corrected chi connectivity index (χ0v) is 9.36. The van der Waals surface area contributed by atoms with Gasteiger partial charge >= 0.3 is 0 Å². The first-order chi connectivity index (χ1) is 7.54. The van der Waals surface area contributed by atoms with E-state index in [-0.39, 0.29) is 4.90 Å². The SMILES string of the molecule is COc1cccc2c(S(=O)(=O)O)cccc12. The van der Waals surface area contributed by atoms with E-state index in [9.17, 15) is 8.42 Å². The molecule has 0 bridgehead atoms. The third kappa shape index (κ3) is 1.75. The van der Waals surface area contributed by atoms with Crippen molar-refractivity contribution in [3.8, 4) is 5.75 Å². The van der Waals surface area contributed by atoms with Crippen LogP contribution in [0.3, 0.4) is 0 Å². The minimum atomic E-state index is -4.21. The molecule has 0 saturated carbocycles. The van der Waals surface area contributed by atoms with Crippen LogP contribution in [0, 0.1) is 0 Å². The van der Waals surface area contributed by atoms with Crippen molar-refractivity contribution in [2.45, 2.75) is 4.90 Å². The van der Waals surface area contributed by atoms with Crippen molar-refractivity contribution in [3.05, 3.63) is 36.4 Å². The number of hydrogen-bond acceptors (Lipinski definition) is 3. The molecule has 1 N–H and O–H groups in total. The Kier molecular flexibility index (Phi) is 2.57. The molecule has 84 valence electrons. The zero-order chi connectivity index (χ0) is 11.8. The Balaban J connectivity index is 2.90.